The molecule has 0 amide bonds. The quantitative estimate of drug-likeness (QED) is 0.700. The summed E-state index contributed by atoms with van der Waals surface area (Å²) in [6.07, 6.45) is -4.82. The summed E-state index contributed by atoms with van der Waals surface area (Å²) >= 11 is 0. The molecule has 0 aromatic heterocycles. The van der Waals surface area contributed by atoms with Gasteiger partial charge < -0.3 is 0 Å². The second-order valence-electron chi connectivity index (χ2n) is 7.07. The van der Waals surface area contributed by atoms with Gasteiger partial charge >= 0.3 is 6.18 Å². The van der Waals surface area contributed by atoms with Gasteiger partial charge in [0.05, 0.1) is 15.4 Å². The lowest BCUT2D eigenvalue weighted by Gasteiger charge is -2.34. The molecule has 1 heterocycles. The summed E-state index contributed by atoms with van der Waals surface area (Å²) in [6.45, 7) is 2.66. The Morgan fingerprint density at radius 3 is 1.80 bits per heavy atom. The number of alkyl halides is 3. The van der Waals surface area contributed by atoms with E-state index < -0.39 is 36.7 Å². The van der Waals surface area contributed by atoms with Gasteiger partial charge in [-0.25, -0.2) is 16.8 Å². The molecule has 30 heavy (non-hydrogen) atoms. The Morgan fingerprint density at radius 2 is 1.27 bits per heavy atom. The van der Waals surface area contributed by atoms with Gasteiger partial charge in [-0.15, -0.1) is 0 Å². The van der Waals surface area contributed by atoms with Crippen LogP contribution in [-0.2, 0) is 26.2 Å². The third-order valence-corrected chi connectivity index (χ3v) is 8.97. The molecule has 0 aliphatic carbocycles. The number of hydrogen-bond acceptors (Lipinski definition) is 4. The molecule has 0 N–H and O–H groups in total. The summed E-state index contributed by atoms with van der Waals surface area (Å²) in [5.74, 6) is 0. The van der Waals surface area contributed by atoms with Crippen LogP contribution in [0.25, 0.3) is 0 Å². The fraction of sp³-hybridized carbons (Fsp3) is 0.368. The highest BCUT2D eigenvalue weighted by molar-refractivity contribution is 7.89. The first-order valence-corrected chi connectivity index (χ1v) is 12.0. The first-order chi connectivity index (χ1) is 13.8. The number of aryl methyl sites for hydroxylation is 2. The SMILES string of the molecule is Cc1ccc(C)c(S(=O)(=O)N2CCN(S(=O)(=O)c3ccccc3C(F)(F)F)CC2)c1. The van der Waals surface area contributed by atoms with Crippen molar-refractivity contribution in [2.45, 2.75) is 29.8 Å². The lowest BCUT2D eigenvalue weighted by atomic mass is 10.2. The largest absolute Gasteiger partial charge is 0.417 e. The van der Waals surface area contributed by atoms with Crippen molar-refractivity contribution in [2.24, 2.45) is 0 Å². The van der Waals surface area contributed by atoms with Crippen LogP contribution in [0, 0.1) is 13.8 Å². The topological polar surface area (TPSA) is 74.8 Å². The summed E-state index contributed by atoms with van der Waals surface area (Å²) in [4.78, 5) is -0.690. The van der Waals surface area contributed by atoms with E-state index in [0.29, 0.717) is 11.6 Å². The fourth-order valence-electron chi connectivity index (χ4n) is 3.34. The second-order valence-corrected chi connectivity index (χ2v) is 10.9. The number of nitrogens with zero attached hydrogens (tertiary/aromatic N) is 2. The summed E-state index contributed by atoms with van der Waals surface area (Å²) in [7, 11) is -8.28. The van der Waals surface area contributed by atoms with Crippen LogP contribution in [0.1, 0.15) is 16.7 Å². The minimum absolute atomic E-state index is 0.140. The number of piperazine rings is 1. The van der Waals surface area contributed by atoms with Gasteiger partial charge in [0.15, 0.2) is 0 Å². The Labute approximate surface area is 174 Å². The molecule has 1 aliphatic heterocycles. The lowest BCUT2D eigenvalue weighted by molar-refractivity contribution is -0.139. The van der Waals surface area contributed by atoms with E-state index in [1.54, 1.807) is 32.0 Å². The molecular formula is C19H21F3N2O4S2. The Balaban J connectivity index is 1.85. The van der Waals surface area contributed by atoms with Crippen LogP contribution in [-0.4, -0.2) is 51.6 Å². The molecule has 2 aromatic carbocycles. The zero-order valence-electron chi connectivity index (χ0n) is 16.3. The van der Waals surface area contributed by atoms with Crippen molar-refractivity contribution >= 4 is 20.0 Å². The number of sulfonamides is 2. The third kappa shape index (κ3) is 4.25. The van der Waals surface area contributed by atoms with Crippen molar-refractivity contribution in [1.29, 1.82) is 0 Å². The molecule has 0 radical (unpaired) electrons. The maximum atomic E-state index is 13.3. The number of benzene rings is 2. The zero-order valence-corrected chi connectivity index (χ0v) is 18.0. The third-order valence-electron chi connectivity index (χ3n) is 4.97. The predicted octanol–water partition coefficient (Wildman–Crippen LogP) is 3.02. The van der Waals surface area contributed by atoms with Gasteiger partial charge in [0.2, 0.25) is 20.0 Å². The molecule has 0 bridgehead atoms. The van der Waals surface area contributed by atoms with Crippen molar-refractivity contribution in [1.82, 2.24) is 8.61 Å². The Morgan fingerprint density at radius 1 is 0.767 bits per heavy atom. The molecule has 0 atom stereocenters. The maximum Gasteiger partial charge on any atom is 0.417 e. The molecule has 1 fully saturated rings. The first-order valence-electron chi connectivity index (χ1n) is 9.09. The average molecular weight is 463 g/mol. The van der Waals surface area contributed by atoms with Crippen molar-refractivity contribution in [3.05, 3.63) is 59.2 Å². The van der Waals surface area contributed by atoms with Crippen LogP contribution < -0.4 is 0 Å². The van der Waals surface area contributed by atoms with Crippen LogP contribution >= 0.6 is 0 Å². The van der Waals surface area contributed by atoms with Crippen molar-refractivity contribution in [2.75, 3.05) is 26.2 Å². The fourth-order valence-corrected chi connectivity index (χ4v) is 6.71. The van der Waals surface area contributed by atoms with E-state index >= 15 is 0 Å². The molecule has 11 heteroatoms. The highest BCUT2D eigenvalue weighted by Gasteiger charge is 2.40. The molecule has 164 valence electrons. The molecule has 1 saturated heterocycles. The van der Waals surface area contributed by atoms with Gasteiger partial charge in [-0.05, 0) is 43.2 Å². The van der Waals surface area contributed by atoms with Crippen molar-refractivity contribution in [3.8, 4) is 0 Å². The van der Waals surface area contributed by atoms with Gasteiger partial charge in [-0.2, -0.15) is 21.8 Å². The molecular weight excluding hydrogens is 441 g/mol. The zero-order chi connectivity index (χ0) is 22.3. The maximum absolute atomic E-state index is 13.3. The molecule has 0 saturated carbocycles. The van der Waals surface area contributed by atoms with E-state index in [4.69, 9.17) is 0 Å². The molecule has 1 aliphatic rings. The van der Waals surface area contributed by atoms with Gasteiger partial charge in [0, 0.05) is 26.2 Å². The van der Waals surface area contributed by atoms with Gasteiger partial charge in [0.1, 0.15) is 0 Å². The van der Waals surface area contributed by atoms with E-state index in [1.165, 1.54) is 6.07 Å². The number of halogens is 3. The summed E-state index contributed by atoms with van der Waals surface area (Å²) < 4.78 is 93.5. The van der Waals surface area contributed by atoms with Gasteiger partial charge in [-0.1, -0.05) is 24.3 Å². The van der Waals surface area contributed by atoms with E-state index in [2.05, 4.69) is 0 Å². The van der Waals surface area contributed by atoms with Crippen LogP contribution in [0.3, 0.4) is 0 Å². The Hall–Kier alpha value is -1.95. The van der Waals surface area contributed by atoms with Crippen LogP contribution in [0.4, 0.5) is 13.2 Å². The van der Waals surface area contributed by atoms with Crippen molar-refractivity contribution in [3.63, 3.8) is 0 Å². The molecule has 0 spiro atoms. The van der Waals surface area contributed by atoms with Gasteiger partial charge in [0.25, 0.3) is 0 Å². The van der Waals surface area contributed by atoms with E-state index in [1.807, 2.05) is 0 Å². The number of hydrogen-bond donors (Lipinski definition) is 0. The molecule has 6 nitrogen and oxygen atoms in total. The second kappa shape index (κ2) is 7.95. The monoisotopic (exact) mass is 462 g/mol. The van der Waals surface area contributed by atoms with Crippen LogP contribution in [0.2, 0.25) is 0 Å². The lowest BCUT2D eigenvalue weighted by Crippen LogP contribution is -2.50. The van der Waals surface area contributed by atoms with Crippen molar-refractivity contribution < 1.29 is 30.0 Å². The Bertz CT molecular complexity index is 1150. The summed E-state index contributed by atoms with van der Waals surface area (Å²) in [5, 5.41) is 0. The van der Waals surface area contributed by atoms with E-state index in [0.717, 1.165) is 26.3 Å². The minimum atomic E-state index is -4.82. The smallest absolute Gasteiger partial charge is 0.207 e. The Kier molecular flexibility index (Phi) is 6.02. The predicted molar refractivity (Wildman–Crippen MR) is 105 cm³/mol. The van der Waals surface area contributed by atoms with E-state index in [-0.39, 0.29) is 31.1 Å². The molecule has 3 rings (SSSR count). The van der Waals surface area contributed by atoms with Crippen LogP contribution in [0.5, 0.6) is 0 Å². The summed E-state index contributed by atoms with van der Waals surface area (Å²) in [5.41, 5.74) is 0.0920. The highest BCUT2D eigenvalue weighted by Crippen LogP contribution is 2.35. The standard InChI is InChI=1S/C19H21F3N2O4S2/c1-14-7-8-15(2)18(13-14)30(27,28)24-11-9-23(10-12-24)29(25,26)17-6-4-3-5-16(17)19(20,21)22/h3-8,13H,9-12H2,1-2H3. The highest BCUT2D eigenvalue weighted by atomic mass is 32.2. The van der Waals surface area contributed by atoms with Crippen LogP contribution in [0.15, 0.2) is 52.3 Å². The van der Waals surface area contributed by atoms with Gasteiger partial charge in [-0.3, -0.25) is 0 Å². The molecule has 2 aromatic rings. The molecule has 0 unspecified atom stereocenters. The minimum Gasteiger partial charge on any atom is -0.207 e. The first kappa shape index (κ1) is 22.7. The van der Waals surface area contributed by atoms with E-state index in [9.17, 15) is 30.0 Å². The average Bonchev–Trinajstić information content (AvgIpc) is 2.69. The number of rotatable bonds is 4. The normalized spacial score (nSPS) is 17.2. The summed E-state index contributed by atoms with van der Waals surface area (Å²) in [6, 6.07) is 9.01.